The molecule has 9 rings (SSSR count). The number of aryl methyl sites for hydroxylation is 1. The Kier molecular flexibility index (Phi) is 18.4. The number of carbonyl (C=O) groups is 5. The maximum absolute atomic E-state index is 16.5. The molecular formula is C59H66Cl2FN7O8. The number of urea groups is 1. The van der Waals surface area contributed by atoms with Gasteiger partial charge < -0.3 is 35.5 Å². The van der Waals surface area contributed by atoms with Crippen molar-refractivity contribution in [2.45, 2.75) is 89.4 Å². The number of hydrogen-bond acceptors (Lipinski definition) is 10. The highest BCUT2D eigenvalue weighted by molar-refractivity contribution is 6.37. The zero-order chi connectivity index (χ0) is 54.0. The van der Waals surface area contributed by atoms with E-state index in [1.807, 2.05) is 60.4 Å². The van der Waals surface area contributed by atoms with Crippen molar-refractivity contribution in [2.24, 2.45) is 11.7 Å². The lowest BCUT2D eigenvalue weighted by molar-refractivity contribution is -0.135. The number of hydrogen-bond donors (Lipinski definition) is 4. The first-order valence-corrected chi connectivity index (χ1v) is 27.4. The van der Waals surface area contributed by atoms with Gasteiger partial charge in [-0.25, -0.2) is 9.18 Å². The van der Waals surface area contributed by atoms with Crippen LogP contribution in [-0.2, 0) is 32.2 Å². The highest BCUT2D eigenvalue weighted by Gasteiger charge is 2.31. The largest absolute Gasteiger partial charge is 0.490 e. The molecule has 406 valence electrons. The predicted molar refractivity (Wildman–Crippen MR) is 294 cm³/mol. The van der Waals surface area contributed by atoms with Gasteiger partial charge in [-0.2, -0.15) is 0 Å². The monoisotopic (exact) mass is 1090 g/mol. The lowest BCUT2D eigenvalue weighted by atomic mass is 9.84. The van der Waals surface area contributed by atoms with Crippen molar-refractivity contribution in [1.29, 1.82) is 0 Å². The maximum atomic E-state index is 16.5. The fourth-order valence-electron chi connectivity index (χ4n) is 10.8. The van der Waals surface area contributed by atoms with Gasteiger partial charge in [0.05, 0.1) is 29.0 Å². The molecule has 2 unspecified atom stereocenters. The van der Waals surface area contributed by atoms with Gasteiger partial charge in [-0.1, -0.05) is 83.9 Å². The first-order valence-electron chi connectivity index (χ1n) is 26.6. The van der Waals surface area contributed by atoms with Crippen LogP contribution in [0.25, 0.3) is 11.1 Å². The fraction of sp³-hybridized carbons (Fsp3) is 0.407. The molecule has 18 heteroatoms. The smallest absolute Gasteiger partial charge is 0.328 e. The second-order valence-corrected chi connectivity index (χ2v) is 21.2. The van der Waals surface area contributed by atoms with Crippen molar-refractivity contribution in [3.8, 4) is 22.6 Å². The van der Waals surface area contributed by atoms with E-state index in [4.69, 9.17) is 43.1 Å². The lowest BCUT2D eigenvalue weighted by Gasteiger charge is -2.34. The summed E-state index contributed by atoms with van der Waals surface area (Å²) < 4.78 is 34.0. The maximum Gasteiger partial charge on any atom is 0.328 e. The molecule has 4 fully saturated rings. The summed E-state index contributed by atoms with van der Waals surface area (Å²) in [5, 5.41) is 9.82. The lowest BCUT2D eigenvalue weighted by Crippen LogP contribution is -2.50. The van der Waals surface area contributed by atoms with Gasteiger partial charge in [-0.3, -0.25) is 34.3 Å². The van der Waals surface area contributed by atoms with Crippen molar-refractivity contribution in [2.75, 3.05) is 64.0 Å². The quantitative estimate of drug-likeness (QED) is 0.0587. The van der Waals surface area contributed by atoms with Crippen LogP contribution < -0.4 is 36.1 Å². The minimum atomic E-state index is -0.803. The number of carbonyl (C=O) groups excluding carboxylic acids is 5. The molecule has 5 N–H and O–H groups in total. The molecular weight excluding hydrogens is 1020 g/mol. The molecule has 15 nitrogen and oxygen atoms in total. The molecule has 1 aliphatic carbocycles. The number of ether oxygens (including phenoxy) is 3. The van der Waals surface area contributed by atoms with Gasteiger partial charge in [0, 0.05) is 112 Å². The van der Waals surface area contributed by atoms with Gasteiger partial charge in [0.2, 0.25) is 17.7 Å². The average Bonchev–Trinajstić information content (AvgIpc) is 3.97. The van der Waals surface area contributed by atoms with E-state index < -0.39 is 17.8 Å². The fourth-order valence-corrected chi connectivity index (χ4v) is 11.4. The molecule has 0 spiro atoms. The van der Waals surface area contributed by atoms with Crippen molar-refractivity contribution in [3.63, 3.8) is 0 Å². The molecule has 0 radical (unpaired) electrons. The van der Waals surface area contributed by atoms with Crippen molar-refractivity contribution in [1.82, 2.24) is 25.8 Å². The molecule has 3 aliphatic heterocycles. The second-order valence-electron chi connectivity index (χ2n) is 20.4. The molecule has 77 heavy (non-hydrogen) atoms. The Morgan fingerprint density at radius 3 is 2.32 bits per heavy atom. The Bertz CT molecular complexity index is 2930. The first-order chi connectivity index (χ1) is 37.3. The van der Waals surface area contributed by atoms with Gasteiger partial charge >= 0.3 is 6.03 Å². The molecule has 0 bridgehead atoms. The summed E-state index contributed by atoms with van der Waals surface area (Å²) in [6.07, 6.45) is 5.88. The molecule has 3 saturated heterocycles. The molecule has 3 heterocycles. The summed E-state index contributed by atoms with van der Waals surface area (Å²) in [5.41, 5.74) is 11.3. The summed E-state index contributed by atoms with van der Waals surface area (Å²) >= 11 is 13.8. The SMILES string of the molecule is Cc1ccc(OCC(=O)N2CCN(Cc3ccc(CNC(=O)C4CCC(NCC(c5ccccc5)c5cc(-c6c(C(N)=O)ccc(OCCC7CCCO7)c6F)c(Cl)cc5Cl)CC4)cc3)CC2)cc1N1CCC(=O)NC1=O. The Balaban J connectivity index is 0.731. The molecule has 5 aromatic rings. The minimum Gasteiger partial charge on any atom is -0.490 e. The number of anilines is 1. The van der Waals surface area contributed by atoms with E-state index in [-0.39, 0.29) is 95.3 Å². The summed E-state index contributed by atoms with van der Waals surface area (Å²) in [6, 6.07) is 29.4. The Morgan fingerprint density at radius 1 is 0.857 bits per heavy atom. The van der Waals surface area contributed by atoms with Crippen LogP contribution in [0.1, 0.15) is 95.5 Å². The Hall–Kier alpha value is -6.56. The van der Waals surface area contributed by atoms with Crippen LogP contribution >= 0.6 is 23.2 Å². The zero-order valence-corrected chi connectivity index (χ0v) is 44.8. The number of nitrogens with two attached hydrogens (primary N) is 1. The highest BCUT2D eigenvalue weighted by Crippen LogP contribution is 2.42. The number of primary amides is 1. The van der Waals surface area contributed by atoms with Crippen LogP contribution in [0, 0.1) is 18.7 Å². The molecule has 0 aromatic heterocycles. The van der Waals surface area contributed by atoms with Crippen LogP contribution in [0.2, 0.25) is 10.0 Å². The van der Waals surface area contributed by atoms with E-state index >= 15 is 4.39 Å². The van der Waals surface area contributed by atoms with E-state index in [0.717, 1.165) is 80.4 Å². The van der Waals surface area contributed by atoms with Gasteiger partial charge in [0.15, 0.2) is 18.2 Å². The number of nitrogens with one attached hydrogen (secondary N) is 3. The Labute approximate surface area is 458 Å². The normalized spacial score (nSPS) is 19.4. The van der Waals surface area contributed by atoms with E-state index in [0.29, 0.717) is 61.2 Å². The van der Waals surface area contributed by atoms with E-state index in [2.05, 4.69) is 33.0 Å². The van der Waals surface area contributed by atoms with Crippen molar-refractivity contribution < 1.29 is 42.6 Å². The number of benzene rings is 5. The third kappa shape index (κ3) is 14.0. The van der Waals surface area contributed by atoms with E-state index in [9.17, 15) is 24.0 Å². The minimum absolute atomic E-state index is 0.0134. The van der Waals surface area contributed by atoms with Crippen LogP contribution in [0.5, 0.6) is 11.5 Å². The third-order valence-electron chi connectivity index (χ3n) is 15.2. The van der Waals surface area contributed by atoms with Crippen molar-refractivity contribution >= 4 is 58.5 Å². The third-order valence-corrected chi connectivity index (χ3v) is 15.9. The van der Waals surface area contributed by atoms with E-state index in [1.165, 1.54) is 17.0 Å². The molecule has 2 atom stereocenters. The number of nitrogens with zero attached hydrogens (tertiary/aromatic N) is 3. The van der Waals surface area contributed by atoms with Crippen LogP contribution in [-0.4, -0.2) is 111 Å². The van der Waals surface area contributed by atoms with Gasteiger partial charge in [0.25, 0.3) is 5.91 Å². The van der Waals surface area contributed by atoms with Gasteiger partial charge in [-0.05, 0) is 104 Å². The molecule has 6 amide bonds. The zero-order valence-electron chi connectivity index (χ0n) is 43.3. The van der Waals surface area contributed by atoms with Crippen LogP contribution in [0.4, 0.5) is 14.9 Å². The number of halogens is 3. The first kappa shape index (κ1) is 55.2. The summed E-state index contributed by atoms with van der Waals surface area (Å²) in [4.78, 5) is 69.0. The van der Waals surface area contributed by atoms with Gasteiger partial charge in [0.1, 0.15) is 5.75 Å². The molecule has 5 aromatic carbocycles. The summed E-state index contributed by atoms with van der Waals surface area (Å²) in [5.74, 6) is -1.83. The average molecular weight is 1090 g/mol. The number of rotatable bonds is 20. The van der Waals surface area contributed by atoms with Gasteiger partial charge in [-0.15, -0.1) is 0 Å². The molecule has 1 saturated carbocycles. The number of imide groups is 1. The number of amides is 6. The van der Waals surface area contributed by atoms with Crippen LogP contribution in [0.15, 0.2) is 97.1 Å². The molecule has 4 aliphatic rings. The highest BCUT2D eigenvalue weighted by atomic mass is 35.5. The van der Waals surface area contributed by atoms with Crippen LogP contribution in [0.3, 0.4) is 0 Å². The summed E-state index contributed by atoms with van der Waals surface area (Å²) in [6.45, 7) is 7.24. The van der Waals surface area contributed by atoms with Crippen molar-refractivity contribution in [3.05, 3.63) is 146 Å². The summed E-state index contributed by atoms with van der Waals surface area (Å²) in [7, 11) is 0. The number of piperazine rings is 1. The van der Waals surface area contributed by atoms with E-state index in [1.54, 1.807) is 24.3 Å². The standard InChI is InChI=1S/C59H66Cl2FN7O8/c1-37-9-18-44(30-51(37)69-23-21-53(70)66-59(69)74)77-36-54(71)68-26-24-67(25-27-68)35-39-12-10-38(11-13-39)33-65-58(73)41-14-16-42(17-15-41)64-34-48(40-6-3-2-4-7-40)46-31-47(50(61)32-49(46)60)55-45(57(63)72)19-20-52(56(55)62)76-29-22-43-8-5-28-75-43/h2-4,6-7,9-13,18-20,30-32,41-43,48,64H,5,8,14-17,21-29,33-36H2,1H3,(H2,63,72)(H,65,73)(H,66,70,74). The Morgan fingerprint density at radius 2 is 1.61 bits per heavy atom. The topological polar surface area (TPSA) is 185 Å². The second kappa shape index (κ2) is 25.7. The predicted octanol–water partition coefficient (Wildman–Crippen LogP) is 8.92.